The van der Waals surface area contributed by atoms with Gasteiger partial charge in [0, 0.05) is 42.8 Å². The fourth-order valence-electron chi connectivity index (χ4n) is 4.65. The summed E-state index contributed by atoms with van der Waals surface area (Å²) in [5.41, 5.74) is 0.260. The van der Waals surface area contributed by atoms with Gasteiger partial charge in [-0.05, 0) is 58.2 Å². The molecule has 12 heteroatoms. The minimum atomic E-state index is -0.607. The number of aromatic nitrogens is 2. The van der Waals surface area contributed by atoms with Gasteiger partial charge < -0.3 is 19.9 Å². The molecule has 3 heterocycles. The molecule has 0 aliphatic carbocycles. The third-order valence-corrected chi connectivity index (χ3v) is 7.39. The van der Waals surface area contributed by atoms with Crippen molar-refractivity contribution >= 4 is 58.6 Å². The summed E-state index contributed by atoms with van der Waals surface area (Å²) in [6.07, 6.45) is 2.56. The highest BCUT2D eigenvalue weighted by molar-refractivity contribution is 6.35. The van der Waals surface area contributed by atoms with Gasteiger partial charge >= 0.3 is 6.09 Å². The van der Waals surface area contributed by atoms with Crippen molar-refractivity contribution in [2.75, 3.05) is 42.9 Å². The summed E-state index contributed by atoms with van der Waals surface area (Å²) in [6.45, 7) is 10.1. The minimum absolute atomic E-state index is 0.0407. The Kier molecular flexibility index (Phi) is 8.79. The normalized spacial score (nSPS) is 18.9. The molecule has 0 unspecified atom stereocenters. The lowest BCUT2D eigenvalue weighted by atomic mass is 10.1. The van der Waals surface area contributed by atoms with Crippen LogP contribution in [0, 0.1) is 0 Å². The zero-order chi connectivity index (χ0) is 27.6. The van der Waals surface area contributed by atoms with E-state index in [1.54, 1.807) is 23.2 Å². The lowest BCUT2D eigenvalue weighted by molar-refractivity contribution is -0.136. The maximum Gasteiger partial charge on any atom is 0.410 e. The number of hydrogen-bond acceptors (Lipinski definition) is 7. The maximum absolute atomic E-state index is 13.3. The fraction of sp³-hybridized carbons (Fsp3) is 0.538. The topological polar surface area (TPSA) is 90.9 Å². The Bertz CT molecular complexity index is 1180. The van der Waals surface area contributed by atoms with E-state index in [4.69, 9.17) is 39.5 Å². The Balaban J connectivity index is 1.38. The van der Waals surface area contributed by atoms with Crippen LogP contribution in [0.15, 0.2) is 24.4 Å². The molecule has 2 fully saturated rings. The van der Waals surface area contributed by atoms with Gasteiger partial charge in [-0.1, -0.05) is 40.9 Å². The molecule has 0 saturated carbocycles. The van der Waals surface area contributed by atoms with Gasteiger partial charge in [0.05, 0.1) is 12.2 Å². The summed E-state index contributed by atoms with van der Waals surface area (Å²) >= 11 is 18.8. The van der Waals surface area contributed by atoms with Crippen LogP contribution in [0.25, 0.3) is 0 Å². The molecule has 2 aliphatic heterocycles. The van der Waals surface area contributed by atoms with E-state index in [1.807, 2.05) is 43.6 Å². The molecule has 2 aromatic rings. The van der Waals surface area contributed by atoms with Crippen molar-refractivity contribution in [3.63, 3.8) is 0 Å². The van der Waals surface area contributed by atoms with Crippen molar-refractivity contribution in [3.05, 3.63) is 45.0 Å². The van der Waals surface area contributed by atoms with Crippen molar-refractivity contribution in [2.45, 2.75) is 58.2 Å². The Labute approximate surface area is 238 Å². The number of amides is 2. The molecule has 38 heavy (non-hydrogen) atoms. The summed E-state index contributed by atoms with van der Waals surface area (Å²) in [5, 5.41) is 4.82. The number of halogens is 3. The number of nitrogens with zero attached hydrogens (tertiary/aromatic N) is 5. The predicted octanol–water partition coefficient (Wildman–Crippen LogP) is 5.66. The van der Waals surface area contributed by atoms with Crippen LogP contribution in [0.5, 0.6) is 0 Å². The molecule has 0 radical (unpaired) electrons. The molecule has 2 atom stereocenters. The highest BCUT2D eigenvalue weighted by atomic mass is 35.5. The number of nitrogens with one attached hydrogen (secondary N) is 1. The lowest BCUT2D eigenvalue weighted by Gasteiger charge is -2.37. The van der Waals surface area contributed by atoms with Gasteiger partial charge in [0.15, 0.2) is 5.82 Å². The summed E-state index contributed by atoms with van der Waals surface area (Å²) in [4.78, 5) is 40.4. The SMILES string of the molecule is C[C@@H](Nc1nc(N2CCN(C(=O)[C@H]3CCCN3C(=O)OC(C)(C)C)CC2)ncc1Cl)c1ccc(Cl)cc1Cl. The van der Waals surface area contributed by atoms with E-state index in [-0.39, 0.29) is 11.9 Å². The van der Waals surface area contributed by atoms with E-state index in [2.05, 4.69) is 15.3 Å². The van der Waals surface area contributed by atoms with Gasteiger partial charge in [0.2, 0.25) is 11.9 Å². The minimum Gasteiger partial charge on any atom is -0.444 e. The van der Waals surface area contributed by atoms with E-state index in [0.29, 0.717) is 66.0 Å². The molecule has 1 aromatic heterocycles. The van der Waals surface area contributed by atoms with Crippen LogP contribution in [0.2, 0.25) is 15.1 Å². The number of carbonyl (C=O) groups is 2. The van der Waals surface area contributed by atoms with Crippen molar-refractivity contribution < 1.29 is 14.3 Å². The van der Waals surface area contributed by atoms with Gasteiger partial charge in [-0.15, -0.1) is 0 Å². The second-order valence-electron chi connectivity index (χ2n) is 10.5. The molecule has 0 bridgehead atoms. The standard InChI is InChI=1S/C26H33Cl3N6O3/c1-16(18-8-7-17(27)14-19(18)28)31-22-20(29)15-30-24(32-22)34-12-10-33(11-13-34)23(36)21-6-5-9-35(21)25(37)38-26(2,3)4/h7-8,14-16,21H,5-6,9-13H2,1-4H3,(H,30,31,32)/t16-,21-/m1/s1. The third-order valence-electron chi connectivity index (χ3n) is 6.55. The first-order chi connectivity index (χ1) is 17.9. The van der Waals surface area contributed by atoms with Gasteiger partial charge in [-0.3, -0.25) is 9.69 Å². The molecule has 2 saturated heterocycles. The Morgan fingerprint density at radius 3 is 2.45 bits per heavy atom. The van der Waals surface area contributed by atoms with Crippen molar-refractivity contribution in [2.24, 2.45) is 0 Å². The average Bonchev–Trinajstić information content (AvgIpc) is 3.34. The average molecular weight is 584 g/mol. The second kappa shape index (κ2) is 11.7. The number of rotatable bonds is 5. The van der Waals surface area contributed by atoms with Crippen LogP contribution in [0.1, 0.15) is 52.1 Å². The van der Waals surface area contributed by atoms with E-state index in [0.717, 1.165) is 12.0 Å². The van der Waals surface area contributed by atoms with Gasteiger partial charge in [-0.2, -0.15) is 4.98 Å². The Morgan fingerprint density at radius 1 is 1.08 bits per heavy atom. The van der Waals surface area contributed by atoms with E-state index >= 15 is 0 Å². The van der Waals surface area contributed by atoms with Crippen LogP contribution in [-0.4, -0.2) is 76.1 Å². The molecule has 2 aliphatic rings. The summed E-state index contributed by atoms with van der Waals surface area (Å²) < 4.78 is 5.51. The monoisotopic (exact) mass is 582 g/mol. The van der Waals surface area contributed by atoms with Crippen LogP contribution in [0.4, 0.5) is 16.6 Å². The molecule has 1 aromatic carbocycles. The molecular formula is C26H33Cl3N6O3. The first-order valence-electron chi connectivity index (χ1n) is 12.7. The summed E-state index contributed by atoms with van der Waals surface area (Å²) in [6, 6.07) is 4.69. The van der Waals surface area contributed by atoms with E-state index in [9.17, 15) is 9.59 Å². The molecule has 1 N–H and O–H groups in total. The fourth-order valence-corrected chi connectivity index (χ4v) is 5.36. The molecule has 0 spiro atoms. The lowest BCUT2D eigenvalue weighted by Crippen LogP contribution is -2.55. The van der Waals surface area contributed by atoms with Gasteiger partial charge in [0.1, 0.15) is 16.7 Å². The molecule has 206 valence electrons. The number of piperazine rings is 1. The number of carbonyl (C=O) groups excluding carboxylic acids is 2. The van der Waals surface area contributed by atoms with Crippen molar-refractivity contribution in [1.29, 1.82) is 0 Å². The largest absolute Gasteiger partial charge is 0.444 e. The van der Waals surface area contributed by atoms with Crippen LogP contribution < -0.4 is 10.2 Å². The van der Waals surface area contributed by atoms with Crippen molar-refractivity contribution in [1.82, 2.24) is 19.8 Å². The first-order valence-corrected chi connectivity index (χ1v) is 13.8. The number of ether oxygens (including phenoxy) is 1. The predicted molar refractivity (Wildman–Crippen MR) is 150 cm³/mol. The second-order valence-corrected chi connectivity index (χ2v) is 11.8. The van der Waals surface area contributed by atoms with E-state index < -0.39 is 17.7 Å². The summed E-state index contributed by atoms with van der Waals surface area (Å²) in [7, 11) is 0. The van der Waals surface area contributed by atoms with Gasteiger partial charge in [-0.25, -0.2) is 9.78 Å². The zero-order valence-electron chi connectivity index (χ0n) is 22.0. The number of hydrogen-bond donors (Lipinski definition) is 1. The van der Waals surface area contributed by atoms with Gasteiger partial charge in [0.25, 0.3) is 0 Å². The van der Waals surface area contributed by atoms with Crippen molar-refractivity contribution in [3.8, 4) is 0 Å². The zero-order valence-corrected chi connectivity index (χ0v) is 24.3. The quantitative estimate of drug-likeness (QED) is 0.486. The molecule has 2 amide bonds. The van der Waals surface area contributed by atoms with Crippen LogP contribution in [-0.2, 0) is 9.53 Å². The maximum atomic E-state index is 13.3. The van der Waals surface area contributed by atoms with Crippen LogP contribution in [0.3, 0.4) is 0 Å². The molecular weight excluding hydrogens is 551 g/mol. The Morgan fingerprint density at radius 2 is 1.79 bits per heavy atom. The third kappa shape index (κ3) is 6.74. The highest BCUT2D eigenvalue weighted by Gasteiger charge is 2.39. The number of anilines is 2. The number of benzene rings is 1. The first kappa shape index (κ1) is 28.5. The number of likely N-dealkylation sites (tertiary alicyclic amines) is 1. The Hall–Kier alpha value is -2.49. The summed E-state index contributed by atoms with van der Waals surface area (Å²) in [5.74, 6) is 0.975. The van der Waals surface area contributed by atoms with Crippen LogP contribution >= 0.6 is 34.8 Å². The van der Waals surface area contributed by atoms with E-state index in [1.165, 1.54) is 0 Å². The smallest absolute Gasteiger partial charge is 0.410 e. The molecule has 4 rings (SSSR count). The highest BCUT2D eigenvalue weighted by Crippen LogP contribution is 2.31. The molecule has 9 nitrogen and oxygen atoms in total.